The predicted octanol–water partition coefficient (Wildman–Crippen LogP) is 2.39. The SMILES string of the molecule is CNC(=O)[C@@H](NC(=O)c1nc(C2CCOCC2)n2c1CCCCC2)C(C)(C)C. The van der Waals surface area contributed by atoms with Crippen molar-refractivity contribution in [2.45, 2.75) is 77.8 Å². The van der Waals surface area contributed by atoms with Gasteiger partial charge in [-0.1, -0.05) is 27.2 Å². The summed E-state index contributed by atoms with van der Waals surface area (Å²) in [6.45, 7) is 8.27. The number of imidazole rings is 1. The quantitative estimate of drug-likeness (QED) is 0.827. The van der Waals surface area contributed by atoms with Crippen LogP contribution in [0.15, 0.2) is 0 Å². The fraction of sp³-hybridized carbons (Fsp3) is 0.762. The summed E-state index contributed by atoms with van der Waals surface area (Å²) in [5.74, 6) is 0.936. The molecule has 2 aliphatic heterocycles. The number of carbonyl (C=O) groups excluding carboxylic acids is 2. The van der Waals surface area contributed by atoms with Gasteiger partial charge >= 0.3 is 0 Å². The van der Waals surface area contributed by atoms with Crippen molar-refractivity contribution in [3.05, 3.63) is 17.2 Å². The average molecular weight is 391 g/mol. The van der Waals surface area contributed by atoms with E-state index in [1.165, 1.54) is 6.42 Å². The number of amides is 2. The molecule has 7 nitrogen and oxygen atoms in total. The molecule has 7 heteroatoms. The summed E-state index contributed by atoms with van der Waals surface area (Å²) in [6, 6.07) is -0.611. The number of nitrogens with zero attached hydrogens (tertiary/aromatic N) is 2. The second-order valence-electron chi connectivity index (χ2n) is 9.00. The standard InChI is InChI=1S/C21H34N4O3/c1-21(2,3)17(20(27)22-4)24-19(26)16-15-8-6-5-7-11-25(15)18(23-16)14-9-12-28-13-10-14/h14,17H,5-13H2,1-4H3,(H,22,27)(H,24,26)/t17-/m1/s1. The molecule has 1 saturated heterocycles. The molecule has 2 N–H and O–H groups in total. The molecular weight excluding hydrogens is 356 g/mol. The highest BCUT2D eigenvalue weighted by Gasteiger charge is 2.35. The third kappa shape index (κ3) is 4.40. The molecule has 0 saturated carbocycles. The summed E-state index contributed by atoms with van der Waals surface area (Å²) in [5, 5.41) is 5.62. The van der Waals surface area contributed by atoms with Crippen LogP contribution in [0.25, 0.3) is 0 Å². The Bertz CT molecular complexity index is 714. The van der Waals surface area contributed by atoms with E-state index in [0.717, 1.165) is 63.4 Å². The van der Waals surface area contributed by atoms with E-state index < -0.39 is 11.5 Å². The second kappa shape index (κ2) is 8.64. The maximum absolute atomic E-state index is 13.2. The van der Waals surface area contributed by atoms with Crippen LogP contribution in [0.2, 0.25) is 0 Å². The zero-order valence-electron chi connectivity index (χ0n) is 17.6. The Balaban J connectivity index is 1.92. The first-order chi connectivity index (χ1) is 13.3. The summed E-state index contributed by atoms with van der Waals surface area (Å²) < 4.78 is 7.79. The van der Waals surface area contributed by atoms with Gasteiger partial charge in [-0.25, -0.2) is 4.98 Å². The first-order valence-corrected chi connectivity index (χ1v) is 10.5. The number of likely N-dealkylation sites (N-methyl/N-ethyl adjacent to an activating group) is 1. The molecule has 0 spiro atoms. The molecule has 28 heavy (non-hydrogen) atoms. The Morgan fingerprint density at radius 1 is 1.18 bits per heavy atom. The molecule has 156 valence electrons. The summed E-state index contributed by atoms with van der Waals surface area (Å²) in [5.41, 5.74) is 1.14. The number of hydrogen-bond donors (Lipinski definition) is 2. The molecule has 0 unspecified atom stereocenters. The second-order valence-corrected chi connectivity index (χ2v) is 9.00. The molecule has 0 bridgehead atoms. The highest BCUT2D eigenvalue weighted by Crippen LogP contribution is 2.31. The fourth-order valence-electron chi connectivity index (χ4n) is 4.22. The van der Waals surface area contributed by atoms with E-state index >= 15 is 0 Å². The minimum atomic E-state index is -0.611. The van der Waals surface area contributed by atoms with Gasteiger partial charge in [0.2, 0.25) is 5.91 Å². The fourth-order valence-corrected chi connectivity index (χ4v) is 4.22. The lowest BCUT2D eigenvalue weighted by molar-refractivity contribution is -0.124. The third-order valence-electron chi connectivity index (χ3n) is 5.85. The van der Waals surface area contributed by atoms with Crippen LogP contribution in [0.5, 0.6) is 0 Å². The van der Waals surface area contributed by atoms with Crippen LogP contribution in [0.4, 0.5) is 0 Å². The molecule has 2 aliphatic rings. The van der Waals surface area contributed by atoms with Crippen LogP contribution in [-0.2, 0) is 22.5 Å². The van der Waals surface area contributed by atoms with E-state index in [-0.39, 0.29) is 11.8 Å². The first kappa shape index (κ1) is 20.8. The topological polar surface area (TPSA) is 85.2 Å². The predicted molar refractivity (Wildman–Crippen MR) is 107 cm³/mol. The summed E-state index contributed by atoms with van der Waals surface area (Å²) in [7, 11) is 1.60. The van der Waals surface area contributed by atoms with Crippen molar-refractivity contribution in [3.8, 4) is 0 Å². The Hall–Kier alpha value is -1.89. The molecule has 3 heterocycles. The van der Waals surface area contributed by atoms with Gasteiger partial charge in [0.1, 0.15) is 17.6 Å². The number of fused-ring (bicyclic) bond motifs is 1. The van der Waals surface area contributed by atoms with E-state index in [9.17, 15) is 9.59 Å². The normalized spacial score (nSPS) is 19.4. The van der Waals surface area contributed by atoms with Crippen molar-refractivity contribution in [1.29, 1.82) is 0 Å². The molecule has 1 aromatic heterocycles. The highest BCUT2D eigenvalue weighted by molar-refractivity contribution is 5.97. The Kier molecular flexibility index (Phi) is 6.43. The average Bonchev–Trinajstić information content (AvgIpc) is 2.86. The van der Waals surface area contributed by atoms with E-state index in [0.29, 0.717) is 11.6 Å². The van der Waals surface area contributed by atoms with Gasteiger partial charge < -0.3 is 19.9 Å². The van der Waals surface area contributed by atoms with E-state index in [2.05, 4.69) is 15.2 Å². The van der Waals surface area contributed by atoms with Gasteiger partial charge in [0.15, 0.2) is 0 Å². The van der Waals surface area contributed by atoms with Crippen LogP contribution in [-0.4, -0.2) is 47.7 Å². The van der Waals surface area contributed by atoms with E-state index in [1.807, 2.05) is 20.8 Å². The van der Waals surface area contributed by atoms with Gasteiger partial charge in [-0.15, -0.1) is 0 Å². The Morgan fingerprint density at radius 2 is 1.89 bits per heavy atom. The van der Waals surface area contributed by atoms with Crippen molar-refractivity contribution in [2.75, 3.05) is 20.3 Å². The number of nitrogens with one attached hydrogen (secondary N) is 2. The zero-order valence-corrected chi connectivity index (χ0v) is 17.6. The van der Waals surface area contributed by atoms with Crippen molar-refractivity contribution < 1.29 is 14.3 Å². The number of ether oxygens (including phenoxy) is 1. The minimum absolute atomic E-state index is 0.184. The van der Waals surface area contributed by atoms with Crippen molar-refractivity contribution >= 4 is 11.8 Å². The number of hydrogen-bond acceptors (Lipinski definition) is 4. The summed E-state index contributed by atoms with van der Waals surface area (Å²) >= 11 is 0. The maximum atomic E-state index is 13.2. The van der Waals surface area contributed by atoms with Crippen LogP contribution < -0.4 is 10.6 Å². The lowest BCUT2D eigenvalue weighted by atomic mass is 9.86. The lowest BCUT2D eigenvalue weighted by Gasteiger charge is -2.29. The number of rotatable bonds is 4. The van der Waals surface area contributed by atoms with Gasteiger partial charge in [-0.2, -0.15) is 0 Å². The van der Waals surface area contributed by atoms with Crippen molar-refractivity contribution in [1.82, 2.24) is 20.2 Å². The number of aromatic nitrogens is 2. The first-order valence-electron chi connectivity index (χ1n) is 10.5. The minimum Gasteiger partial charge on any atom is -0.381 e. The summed E-state index contributed by atoms with van der Waals surface area (Å²) in [4.78, 5) is 30.4. The third-order valence-corrected chi connectivity index (χ3v) is 5.85. The molecule has 3 rings (SSSR count). The van der Waals surface area contributed by atoms with Gasteiger partial charge in [-0.05, 0) is 37.5 Å². The molecular formula is C21H34N4O3. The van der Waals surface area contributed by atoms with E-state index in [1.54, 1.807) is 7.05 Å². The van der Waals surface area contributed by atoms with Gasteiger partial charge in [0.05, 0.1) is 5.69 Å². The molecule has 2 amide bonds. The Labute approximate surface area is 167 Å². The molecule has 0 aromatic carbocycles. The van der Waals surface area contributed by atoms with Crippen molar-refractivity contribution in [3.63, 3.8) is 0 Å². The van der Waals surface area contributed by atoms with Crippen LogP contribution in [0, 0.1) is 5.41 Å². The van der Waals surface area contributed by atoms with E-state index in [4.69, 9.17) is 9.72 Å². The Morgan fingerprint density at radius 3 is 2.54 bits per heavy atom. The van der Waals surface area contributed by atoms with Gasteiger partial charge in [-0.3, -0.25) is 9.59 Å². The molecule has 0 radical (unpaired) electrons. The van der Waals surface area contributed by atoms with Gasteiger partial charge in [0.25, 0.3) is 5.91 Å². The van der Waals surface area contributed by atoms with Crippen molar-refractivity contribution in [2.24, 2.45) is 5.41 Å². The number of carbonyl (C=O) groups is 2. The molecule has 1 atom stereocenters. The largest absolute Gasteiger partial charge is 0.381 e. The molecule has 1 aromatic rings. The van der Waals surface area contributed by atoms with Gasteiger partial charge in [0, 0.05) is 32.7 Å². The molecule has 0 aliphatic carbocycles. The highest BCUT2D eigenvalue weighted by atomic mass is 16.5. The monoisotopic (exact) mass is 390 g/mol. The van der Waals surface area contributed by atoms with Crippen LogP contribution in [0.3, 0.4) is 0 Å². The lowest BCUT2D eigenvalue weighted by Crippen LogP contribution is -2.53. The smallest absolute Gasteiger partial charge is 0.272 e. The van der Waals surface area contributed by atoms with Crippen LogP contribution in [0.1, 0.15) is 80.8 Å². The summed E-state index contributed by atoms with van der Waals surface area (Å²) in [6.07, 6.45) is 6.10. The molecule has 1 fully saturated rings. The maximum Gasteiger partial charge on any atom is 0.272 e. The zero-order chi connectivity index (χ0) is 20.3. The van der Waals surface area contributed by atoms with Crippen LogP contribution >= 0.6 is 0 Å².